The largest absolute Gasteiger partial charge is 0.465 e. The van der Waals surface area contributed by atoms with Crippen LogP contribution >= 0.6 is 0 Å². The molecule has 1 atom stereocenters. The van der Waals surface area contributed by atoms with Gasteiger partial charge in [-0.15, -0.1) is 0 Å². The van der Waals surface area contributed by atoms with Crippen molar-refractivity contribution >= 4 is 17.6 Å². The molecule has 1 aromatic rings. The van der Waals surface area contributed by atoms with Crippen molar-refractivity contribution in [2.24, 2.45) is 11.0 Å². The third-order valence-corrected chi connectivity index (χ3v) is 3.59. The lowest BCUT2D eigenvalue weighted by Crippen LogP contribution is -2.26. The lowest BCUT2D eigenvalue weighted by molar-refractivity contribution is -0.117. The molecular weight excluding hydrogens is 291 g/mol. The highest BCUT2D eigenvalue weighted by molar-refractivity contribution is 5.98. The molecule has 0 bridgehead atoms. The van der Waals surface area contributed by atoms with Crippen molar-refractivity contribution in [3.63, 3.8) is 0 Å². The van der Waals surface area contributed by atoms with E-state index in [1.54, 1.807) is 6.92 Å². The van der Waals surface area contributed by atoms with Crippen LogP contribution in [0.4, 0.5) is 10.1 Å². The molecule has 1 fully saturated rings. The number of rotatable bonds is 4. The van der Waals surface area contributed by atoms with E-state index in [2.05, 4.69) is 14.8 Å². The second kappa shape index (κ2) is 6.44. The first kappa shape index (κ1) is 15.8. The molecule has 2 rings (SSSR count). The Balaban J connectivity index is 2.34. The van der Waals surface area contributed by atoms with Crippen LogP contribution in [0.3, 0.4) is 0 Å². The van der Waals surface area contributed by atoms with Crippen LogP contribution in [0.1, 0.15) is 22.3 Å². The summed E-state index contributed by atoms with van der Waals surface area (Å²) < 4.78 is 18.4. The minimum absolute atomic E-state index is 0.0885. The van der Waals surface area contributed by atoms with Gasteiger partial charge in [-0.1, -0.05) is 5.11 Å². The van der Waals surface area contributed by atoms with E-state index in [4.69, 9.17) is 5.53 Å². The second-order valence-corrected chi connectivity index (χ2v) is 5.10. The summed E-state index contributed by atoms with van der Waals surface area (Å²) in [5.74, 6) is -1.72. The first-order valence-electron chi connectivity index (χ1n) is 6.67. The molecule has 0 saturated carbocycles. The Labute approximate surface area is 126 Å². The number of halogens is 1. The Morgan fingerprint density at radius 3 is 2.95 bits per heavy atom. The second-order valence-electron chi connectivity index (χ2n) is 5.10. The zero-order valence-corrected chi connectivity index (χ0v) is 12.2. The Kier molecular flexibility index (Phi) is 4.62. The molecule has 116 valence electrons. The molecular formula is C14H15FN4O3. The first-order chi connectivity index (χ1) is 10.5. The van der Waals surface area contributed by atoms with Crippen molar-refractivity contribution < 1.29 is 18.7 Å². The minimum Gasteiger partial charge on any atom is -0.465 e. The topological polar surface area (TPSA) is 95.4 Å². The molecule has 0 aliphatic carbocycles. The number of anilines is 1. The molecule has 1 amide bonds. The predicted molar refractivity (Wildman–Crippen MR) is 76.9 cm³/mol. The minimum atomic E-state index is -0.795. The van der Waals surface area contributed by atoms with Crippen LogP contribution in [-0.4, -0.2) is 32.1 Å². The number of nitrogens with zero attached hydrogens (tertiary/aromatic N) is 4. The molecule has 1 unspecified atom stereocenters. The van der Waals surface area contributed by atoms with Crippen LogP contribution in [0.2, 0.25) is 0 Å². The molecule has 7 nitrogen and oxygen atoms in total. The summed E-state index contributed by atoms with van der Waals surface area (Å²) in [5, 5.41) is 3.48. The van der Waals surface area contributed by atoms with Crippen LogP contribution in [0.25, 0.3) is 10.4 Å². The van der Waals surface area contributed by atoms with Gasteiger partial charge in [-0.2, -0.15) is 0 Å². The van der Waals surface area contributed by atoms with Crippen molar-refractivity contribution in [2.45, 2.75) is 13.3 Å². The summed E-state index contributed by atoms with van der Waals surface area (Å²) in [5.41, 5.74) is 9.14. The quantitative estimate of drug-likeness (QED) is 0.370. The molecule has 0 aromatic heterocycles. The SMILES string of the molecule is COC(=O)c1cc(N2CC(CN=[N+]=[N-])CC2=O)c(C)cc1F. The molecule has 1 saturated heterocycles. The van der Waals surface area contributed by atoms with Crippen LogP contribution < -0.4 is 4.90 Å². The Morgan fingerprint density at radius 2 is 2.32 bits per heavy atom. The van der Waals surface area contributed by atoms with Gasteiger partial charge >= 0.3 is 5.97 Å². The maximum atomic E-state index is 13.8. The summed E-state index contributed by atoms with van der Waals surface area (Å²) in [4.78, 5) is 27.9. The zero-order chi connectivity index (χ0) is 16.3. The fourth-order valence-corrected chi connectivity index (χ4v) is 2.51. The van der Waals surface area contributed by atoms with Crippen LogP contribution in [0.15, 0.2) is 17.2 Å². The normalized spacial score (nSPS) is 17.3. The number of hydrogen-bond acceptors (Lipinski definition) is 4. The van der Waals surface area contributed by atoms with Crippen molar-refractivity contribution in [1.29, 1.82) is 0 Å². The number of esters is 1. The van der Waals surface area contributed by atoms with Crippen LogP contribution in [-0.2, 0) is 9.53 Å². The van der Waals surface area contributed by atoms with Gasteiger partial charge in [0.15, 0.2) is 0 Å². The number of methoxy groups -OCH3 is 1. The highest BCUT2D eigenvalue weighted by Crippen LogP contribution is 2.30. The van der Waals surface area contributed by atoms with Gasteiger partial charge in [0.1, 0.15) is 5.82 Å². The molecule has 1 aliphatic rings. The average Bonchev–Trinajstić information content (AvgIpc) is 2.85. The number of amides is 1. The van der Waals surface area contributed by atoms with E-state index in [0.717, 1.165) is 7.11 Å². The van der Waals surface area contributed by atoms with Gasteiger partial charge < -0.3 is 9.64 Å². The fraction of sp³-hybridized carbons (Fsp3) is 0.429. The molecule has 0 N–H and O–H groups in total. The van der Waals surface area contributed by atoms with Gasteiger partial charge in [-0.25, -0.2) is 9.18 Å². The van der Waals surface area contributed by atoms with Gasteiger partial charge in [0, 0.05) is 30.1 Å². The maximum Gasteiger partial charge on any atom is 0.340 e. The Morgan fingerprint density at radius 1 is 1.59 bits per heavy atom. The van der Waals surface area contributed by atoms with Crippen molar-refractivity contribution in [2.75, 3.05) is 25.1 Å². The zero-order valence-electron chi connectivity index (χ0n) is 12.2. The van der Waals surface area contributed by atoms with Crippen LogP contribution in [0.5, 0.6) is 0 Å². The number of benzene rings is 1. The summed E-state index contributed by atoms with van der Waals surface area (Å²) in [6, 6.07) is 2.53. The summed E-state index contributed by atoms with van der Waals surface area (Å²) in [6.45, 7) is 2.25. The lowest BCUT2D eigenvalue weighted by atomic mass is 10.1. The summed E-state index contributed by atoms with van der Waals surface area (Å²) >= 11 is 0. The van der Waals surface area contributed by atoms with Crippen molar-refractivity contribution in [3.05, 3.63) is 39.5 Å². The van der Waals surface area contributed by atoms with E-state index in [-0.39, 0.29) is 30.4 Å². The Hall–Kier alpha value is -2.60. The van der Waals surface area contributed by atoms with E-state index >= 15 is 0 Å². The summed E-state index contributed by atoms with van der Waals surface area (Å²) in [7, 11) is 1.16. The number of azide groups is 1. The molecule has 0 spiro atoms. The van der Waals surface area contributed by atoms with Crippen molar-refractivity contribution in [3.8, 4) is 0 Å². The van der Waals surface area contributed by atoms with Crippen LogP contribution in [0, 0.1) is 18.7 Å². The smallest absolute Gasteiger partial charge is 0.340 e. The number of ether oxygens (including phenoxy) is 1. The number of carbonyl (C=O) groups is 2. The van der Waals surface area contributed by atoms with E-state index in [1.807, 2.05) is 0 Å². The molecule has 1 aliphatic heterocycles. The lowest BCUT2D eigenvalue weighted by Gasteiger charge is -2.20. The first-order valence-corrected chi connectivity index (χ1v) is 6.67. The highest BCUT2D eigenvalue weighted by Gasteiger charge is 2.31. The van der Waals surface area contributed by atoms with Gasteiger partial charge in [0.2, 0.25) is 5.91 Å². The van der Waals surface area contributed by atoms with E-state index in [0.29, 0.717) is 17.8 Å². The third kappa shape index (κ3) is 3.01. The third-order valence-electron chi connectivity index (χ3n) is 3.59. The Bertz CT molecular complexity index is 670. The van der Waals surface area contributed by atoms with Gasteiger partial charge in [0.05, 0.1) is 12.7 Å². The fourth-order valence-electron chi connectivity index (χ4n) is 2.51. The number of hydrogen-bond donors (Lipinski definition) is 0. The predicted octanol–water partition coefficient (Wildman–Crippen LogP) is 2.58. The average molecular weight is 306 g/mol. The van der Waals surface area contributed by atoms with E-state index in [1.165, 1.54) is 17.0 Å². The standard InChI is InChI=1S/C14H15FN4O3/c1-8-3-11(15)10(14(21)22-2)5-12(8)19-7-9(4-13(19)20)6-17-18-16/h3,5,9H,4,6-7H2,1-2H3. The number of aryl methyl sites for hydroxylation is 1. The van der Waals surface area contributed by atoms with E-state index < -0.39 is 11.8 Å². The molecule has 1 heterocycles. The monoisotopic (exact) mass is 306 g/mol. The molecule has 1 aromatic carbocycles. The molecule has 22 heavy (non-hydrogen) atoms. The van der Waals surface area contributed by atoms with Crippen molar-refractivity contribution in [1.82, 2.24) is 0 Å². The molecule has 8 heteroatoms. The van der Waals surface area contributed by atoms with Gasteiger partial charge in [0.25, 0.3) is 0 Å². The summed E-state index contributed by atoms with van der Waals surface area (Å²) in [6.07, 6.45) is 0.253. The highest BCUT2D eigenvalue weighted by atomic mass is 19.1. The van der Waals surface area contributed by atoms with E-state index in [9.17, 15) is 14.0 Å². The maximum absolute atomic E-state index is 13.8. The number of carbonyl (C=O) groups excluding carboxylic acids is 2. The van der Waals surface area contributed by atoms with Gasteiger partial charge in [-0.3, -0.25) is 4.79 Å². The van der Waals surface area contributed by atoms with Gasteiger partial charge in [-0.05, 0) is 36.1 Å². The molecule has 0 radical (unpaired) electrons.